The van der Waals surface area contributed by atoms with Crippen LogP contribution in [0.3, 0.4) is 0 Å². The standard InChI is InChI=1S/C16H22N2O/c19-16(17-8-11-18-9-4-5-10-18)15-12-14(15)13-6-2-1-3-7-13/h1-3,6-7,14-15H,4-5,8-12H2,(H,17,19)/t14-,15+/m1/s1. The second-order valence-electron chi connectivity index (χ2n) is 5.70. The summed E-state index contributed by atoms with van der Waals surface area (Å²) in [5.41, 5.74) is 1.31. The van der Waals surface area contributed by atoms with Crippen molar-refractivity contribution in [1.29, 1.82) is 0 Å². The van der Waals surface area contributed by atoms with Crippen molar-refractivity contribution in [2.75, 3.05) is 26.2 Å². The van der Waals surface area contributed by atoms with E-state index in [2.05, 4.69) is 34.5 Å². The largest absolute Gasteiger partial charge is 0.355 e. The van der Waals surface area contributed by atoms with Crippen LogP contribution >= 0.6 is 0 Å². The molecule has 1 aliphatic heterocycles. The molecule has 0 radical (unpaired) electrons. The summed E-state index contributed by atoms with van der Waals surface area (Å²) in [6, 6.07) is 10.4. The van der Waals surface area contributed by atoms with E-state index in [1.165, 1.54) is 31.5 Å². The van der Waals surface area contributed by atoms with Crippen LogP contribution < -0.4 is 5.32 Å². The van der Waals surface area contributed by atoms with Crippen molar-refractivity contribution in [2.45, 2.75) is 25.2 Å². The van der Waals surface area contributed by atoms with Gasteiger partial charge in [-0.2, -0.15) is 0 Å². The van der Waals surface area contributed by atoms with Crippen LogP contribution in [-0.4, -0.2) is 37.0 Å². The number of carbonyl (C=O) groups excluding carboxylic acids is 1. The van der Waals surface area contributed by atoms with E-state index in [1.54, 1.807) is 0 Å². The Morgan fingerprint density at radius 2 is 1.95 bits per heavy atom. The van der Waals surface area contributed by atoms with E-state index in [4.69, 9.17) is 0 Å². The fraction of sp³-hybridized carbons (Fsp3) is 0.562. The third kappa shape index (κ3) is 3.16. The number of carbonyl (C=O) groups is 1. The molecule has 102 valence electrons. The van der Waals surface area contributed by atoms with Crippen LogP contribution in [0.1, 0.15) is 30.7 Å². The maximum atomic E-state index is 12.0. The Labute approximate surface area is 115 Å². The van der Waals surface area contributed by atoms with E-state index in [0.717, 1.165) is 19.5 Å². The Bertz CT molecular complexity index is 426. The smallest absolute Gasteiger partial charge is 0.223 e. The Kier molecular flexibility index (Phi) is 3.83. The van der Waals surface area contributed by atoms with Gasteiger partial charge in [0.2, 0.25) is 5.91 Å². The van der Waals surface area contributed by atoms with Gasteiger partial charge in [0.15, 0.2) is 0 Å². The first-order valence-corrected chi connectivity index (χ1v) is 7.39. The van der Waals surface area contributed by atoms with Crippen molar-refractivity contribution in [3.63, 3.8) is 0 Å². The molecule has 1 aromatic rings. The first-order chi connectivity index (χ1) is 9.34. The normalized spacial score (nSPS) is 26.3. The minimum Gasteiger partial charge on any atom is -0.355 e. The van der Waals surface area contributed by atoms with Crippen molar-refractivity contribution in [1.82, 2.24) is 10.2 Å². The second-order valence-corrected chi connectivity index (χ2v) is 5.70. The molecule has 1 saturated heterocycles. The van der Waals surface area contributed by atoms with Gasteiger partial charge in [-0.15, -0.1) is 0 Å². The number of benzene rings is 1. The van der Waals surface area contributed by atoms with Crippen LogP contribution in [0.5, 0.6) is 0 Å². The molecule has 0 spiro atoms. The molecule has 3 rings (SSSR count). The lowest BCUT2D eigenvalue weighted by Crippen LogP contribution is -2.34. The molecule has 1 N–H and O–H groups in total. The molecule has 3 heteroatoms. The van der Waals surface area contributed by atoms with Crippen LogP contribution in [0.15, 0.2) is 30.3 Å². The molecular weight excluding hydrogens is 236 g/mol. The van der Waals surface area contributed by atoms with Gasteiger partial charge in [0.1, 0.15) is 0 Å². The number of hydrogen-bond donors (Lipinski definition) is 1. The number of hydrogen-bond acceptors (Lipinski definition) is 2. The molecule has 2 aliphatic rings. The summed E-state index contributed by atoms with van der Waals surface area (Å²) in [5.74, 6) is 0.905. The topological polar surface area (TPSA) is 32.3 Å². The third-order valence-electron chi connectivity index (χ3n) is 4.28. The monoisotopic (exact) mass is 258 g/mol. The molecule has 3 nitrogen and oxygen atoms in total. The van der Waals surface area contributed by atoms with Gasteiger partial charge in [-0.1, -0.05) is 30.3 Å². The lowest BCUT2D eigenvalue weighted by atomic mass is 10.1. The molecule has 1 saturated carbocycles. The first kappa shape index (κ1) is 12.7. The summed E-state index contributed by atoms with van der Waals surface area (Å²) < 4.78 is 0. The van der Waals surface area contributed by atoms with E-state index in [0.29, 0.717) is 5.92 Å². The molecule has 19 heavy (non-hydrogen) atoms. The van der Waals surface area contributed by atoms with Crippen molar-refractivity contribution in [3.05, 3.63) is 35.9 Å². The van der Waals surface area contributed by atoms with Gasteiger partial charge >= 0.3 is 0 Å². The minimum atomic E-state index is 0.209. The number of nitrogens with one attached hydrogen (secondary N) is 1. The zero-order valence-electron chi connectivity index (χ0n) is 11.3. The Morgan fingerprint density at radius 1 is 1.21 bits per heavy atom. The minimum absolute atomic E-state index is 0.209. The molecule has 0 unspecified atom stereocenters. The van der Waals surface area contributed by atoms with Gasteiger partial charge in [0.25, 0.3) is 0 Å². The number of nitrogens with zero attached hydrogens (tertiary/aromatic N) is 1. The maximum absolute atomic E-state index is 12.0. The summed E-state index contributed by atoms with van der Waals surface area (Å²) in [6.45, 7) is 4.21. The molecule has 1 heterocycles. The summed E-state index contributed by atoms with van der Waals surface area (Å²) in [5, 5.41) is 3.09. The molecule has 1 amide bonds. The number of rotatable bonds is 5. The molecule has 0 aromatic heterocycles. The lowest BCUT2D eigenvalue weighted by Gasteiger charge is -2.14. The predicted molar refractivity (Wildman–Crippen MR) is 76.0 cm³/mol. The van der Waals surface area contributed by atoms with E-state index >= 15 is 0 Å². The van der Waals surface area contributed by atoms with Crippen LogP contribution in [0.2, 0.25) is 0 Å². The zero-order chi connectivity index (χ0) is 13.1. The van der Waals surface area contributed by atoms with E-state index in [1.807, 2.05) is 6.07 Å². The van der Waals surface area contributed by atoms with Crippen molar-refractivity contribution in [3.8, 4) is 0 Å². The van der Waals surface area contributed by atoms with Gasteiger partial charge < -0.3 is 10.2 Å². The fourth-order valence-corrected chi connectivity index (χ4v) is 3.03. The summed E-state index contributed by atoms with van der Waals surface area (Å²) in [4.78, 5) is 14.5. The number of amides is 1. The Hall–Kier alpha value is -1.35. The van der Waals surface area contributed by atoms with E-state index < -0.39 is 0 Å². The highest BCUT2D eigenvalue weighted by molar-refractivity contribution is 5.82. The van der Waals surface area contributed by atoms with Gasteiger partial charge in [0, 0.05) is 19.0 Å². The average Bonchev–Trinajstić information content (AvgIpc) is 3.09. The van der Waals surface area contributed by atoms with Crippen molar-refractivity contribution < 1.29 is 4.79 Å². The highest BCUT2D eigenvalue weighted by atomic mass is 16.2. The molecule has 2 atom stereocenters. The quantitative estimate of drug-likeness (QED) is 0.876. The highest BCUT2D eigenvalue weighted by Crippen LogP contribution is 2.47. The van der Waals surface area contributed by atoms with Crippen molar-refractivity contribution >= 4 is 5.91 Å². The van der Waals surface area contributed by atoms with Gasteiger partial charge in [-0.3, -0.25) is 4.79 Å². The van der Waals surface area contributed by atoms with Crippen LogP contribution in [0.4, 0.5) is 0 Å². The predicted octanol–water partition coefficient (Wildman–Crippen LogP) is 2.00. The molecular formula is C16H22N2O. The Balaban J connectivity index is 1.40. The first-order valence-electron chi connectivity index (χ1n) is 7.39. The summed E-state index contributed by atoms with van der Waals surface area (Å²) >= 11 is 0. The van der Waals surface area contributed by atoms with E-state index in [-0.39, 0.29) is 11.8 Å². The van der Waals surface area contributed by atoms with Crippen molar-refractivity contribution in [2.24, 2.45) is 5.92 Å². The molecule has 1 aromatic carbocycles. The average molecular weight is 258 g/mol. The SMILES string of the molecule is O=C(NCCN1CCCC1)[C@H]1C[C@@H]1c1ccccc1. The van der Waals surface area contributed by atoms with Crippen LogP contribution in [0.25, 0.3) is 0 Å². The van der Waals surface area contributed by atoms with Gasteiger partial charge in [0.05, 0.1) is 0 Å². The zero-order valence-corrected chi connectivity index (χ0v) is 11.3. The maximum Gasteiger partial charge on any atom is 0.223 e. The molecule has 2 fully saturated rings. The highest BCUT2D eigenvalue weighted by Gasteiger charge is 2.43. The van der Waals surface area contributed by atoms with Crippen LogP contribution in [-0.2, 0) is 4.79 Å². The Morgan fingerprint density at radius 3 is 2.68 bits per heavy atom. The molecule has 0 bridgehead atoms. The molecule has 1 aliphatic carbocycles. The van der Waals surface area contributed by atoms with Gasteiger partial charge in [-0.05, 0) is 43.8 Å². The summed E-state index contributed by atoms with van der Waals surface area (Å²) in [6.07, 6.45) is 3.64. The third-order valence-corrected chi connectivity index (χ3v) is 4.28. The number of likely N-dealkylation sites (tertiary alicyclic amines) is 1. The lowest BCUT2D eigenvalue weighted by molar-refractivity contribution is -0.122. The fourth-order valence-electron chi connectivity index (χ4n) is 3.03. The summed E-state index contributed by atoms with van der Waals surface area (Å²) in [7, 11) is 0. The van der Waals surface area contributed by atoms with E-state index in [9.17, 15) is 4.79 Å². The van der Waals surface area contributed by atoms with Crippen LogP contribution in [0, 0.1) is 5.92 Å². The second kappa shape index (κ2) is 5.74. The van der Waals surface area contributed by atoms with Gasteiger partial charge in [-0.25, -0.2) is 0 Å².